The highest BCUT2D eigenvalue weighted by atomic mass is 35.5. The standard InChI is InChI=1S/C13H12Cl2N2O3S/c1-13(18,8-2-3-21-6-8)7-16-12-10(14)4-9(17(19)20)5-11(12)15/h2-6,16,18H,7H2,1H3. The number of hydrogen-bond acceptors (Lipinski definition) is 5. The monoisotopic (exact) mass is 346 g/mol. The van der Waals surface area contributed by atoms with E-state index in [9.17, 15) is 15.2 Å². The van der Waals surface area contributed by atoms with Crippen molar-refractivity contribution in [1.29, 1.82) is 0 Å². The molecule has 2 aromatic rings. The van der Waals surface area contributed by atoms with Gasteiger partial charge >= 0.3 is 0 Å². The molecule has 0 aliphatic carbocycles. The van der Waals surface area contributed by atoms with Crippen LogP contribution in [0.15, 0.2) is 29.0 Å². The summed E-state index contributed by atoms with van der Waals surface area (Å²) in [7, 11) is 0. The van der Waals surface area contributed by atoms with Crippen LogP contribution in [0.25, 0.3) is 0 Å². The first-order chi connectivity index (χ1) is 9.81. The van der Waals surface area contributed by atoms with Gasteiger partial charge in [-0.05, 0) is 29.3 Å². The van der Waals surface area contributed by atoms with Crippen LogP contribution in [0.1, 0.15) is 12.5 Å². The lowest BCUT2D eigenvalue weighted by Gasteiger charge is -2.24. The van der Waals surface area contributed by atoms with Crippen molar-refractivity contribution in [2.45, 2.75) is 12.5 Å². The van der Waals surface area contributed by atoms with Gasteiger partial charge in [-0.25, -0.2) is 0 Å². The fraction of sp³-hybridized carbons (Fsp3) is 0.231. The molecule has 1 atom stereocenters. The van der Waals surface area contributed by atoms with Gasteiger partial charge in [0, 0.05) is 18.7 Å². The highest BCUT2D eigenvalue weighted by molar-refractivity contribution is 7.08. The number of anilines is 1. The Balaban J connectivity index is 2.19. The summed E-state index contributed by atoms with van der Waals surface area (Å²) < 4.78 is 0. The number of non-ortho nitro benzene ring substituents is 1. The Morgan fingerprint density at radius 1 is 1.43 bits per heavy atom. The molecule has 8 heteroatoms. The van der Waals surface area contributed by atoms with Gasteiger partial charge < -0.3 is 10.4 Å². The minimum absolute atomic E-state index is 0.135. The first-order valence-electron chi connectivity index (χ1n) is 5.93. The number of nitro benzene ring substituents is 1. The topological polar surface area (TPSA) is 75.4 Å². The third kappa shape index (κ3) is 3.65. The number of nitrogens with zero attached hydrogens (tertiary/aromatic N) is 1. The second kappa shape index (κ2) is 6.19. The van der Waals surface area contributed by atoms with E-state index in [1.807, 2.05) is 16.8 Å². The maximum absolute atomic E-state index is 10.7. The molecule has 1 unspecified atom stereocenters. The van der Waals surface area contributed by atoms with Gasteiger partial charge in [-0.2, -0.15) is 11.3 Å². The molecule has 0 aliphatic heterocycles. The second-order valence-electron chi connectivity index (χ2n) is 4.68. The summed E-state index contributed by atoms with van der Waals surface area (Å²) in [5, 5.41) is 28.1. The summed E-state index contributed by atoms with van der Waals surface area (Å²) in [5.41, 5.74) is -0.150. The summed E-state index contributed by atoms with van der Waals surface area (Å²) in [6.45, 7) is 1.83. The zero-order chi connectivity index (χ0) is 15.6. The Hall–Kier alpha value is -1.34. The molecule has 0 amide bonds. The van der Waals surface area contributed by atoms with Crippen LogP contribution in [0.5, 0.6) is 0 Å². The van der Waals surface area contributed by atoms with Gasteiger partial charge in [0.1, 0.15) is 5.60 Å². The summed E-state index contributed by atoms with van der Waals surface area (Å²) in [5.74, 6) is 0. The molecule has 112 valence electrons. The third-order valence-electron chi connectivity index (χ3n) is 2.99. The average Bonchev–Trinajstić information content (AvgIpc) is 2.91. The predicted octanol–water partition coefficient (Wildman–Crippen LogP) is 4.28. The molecule has 1 aromatic heterocycles. The molecule has 0 fully saturated rings. The number of nitrogens with one attached hydrogen (secondary N) is 1. The molecule has 0 saturated carbocycles. The molecule has 0 radical (unpaired) electrons. The minimum Gasteiger partial charge on any atom is -0.384 e. The van der Waals surface area contributed by atoms with E-state index in [1.54, 1.807) is 6.92 Å². The molecule has 0 bridgehead atoms. The maximum atomic E-state index is 10.7. The zero-order valence-corrected chi connectivity index (χ0v) is 13.3. The van der Waals surface area contributed by atoms with E-state index in [4.69, 9.17) is 23.2 Å². The van der Waals surface area contributed by atoms with Crippen molar-refractivity contribution in [2.24, 2.45) is 0 Å². The lowest BCUT2D eigenvalue weighted by molar-refractivity contribution is -0.384. The molecular formula is C13H12Cl2N2O3S. The fourth-order valence-corrected chi connectivity index (χ4v) is 3.16. The highest BCUT2D eigenvalue weighted by Crippen LogP contribution is 2.35. The fourth-order valence-electron chi connectivity index (χ4n) is 1.77. The number of rotatable bonds is 5. The van der Waals surface area contributed by atoms with Crippen LogP contribution in [0.4, 0.5) is 11.4 Å². The molecule has 0 aliphatic rings. The first kappa shape index (κ1) is 16.0. The summed E-state index contributed by atoms with van der Waals surface area (Å²) in [4.78, 5) is 10.2. The Labute approximate surface area is 135 Å². The van der Waals surface area contributed by atoms with Crippen LogP contribution in [0.3, 0.4) is 0 Å². The Kier molecular flexibility index (Phi) is 4.73. The van der Waals surface area contributed by atoms with Crippen molar-refractivity contribution in [3.63, 3.8) is 0 Å². The Morgan fingerprint density at radius 3 is 2.52 bits per heavy atom. The zero-order valence-electron chi connectivity index (χ0n) is 11.0. The molecule has 0 spiro atoms. The van der Waals surface area contributed by atoms with Crippen LogP contribution in [-0.4, -0.2) is 16.6 Å². The largest absolute Gasteiger partial charge is 0.384 e. The van der Waals surface area contributed by atoms with Crippen molar-refractivity contribution in [3.05, 3.63) is 54.7 Å². The van der Waals surface area contributed by atoms with E-state index in [1.165, 1.54) is 23.5 Å². The van der Waals surface area contributed by atoms with Gasteiger partial charge in [-0.1, -0.05) is 23.2 Å². The number of benzene rings is 1. The van der Waals surface area contributed by atoms with Gasteiger partial charge in [0.2, 0.25) is 0 Å². The normalized spacial score (nSPS) is 13.7. The highest BCUT2D eigenvalue weighted by Gasteiger charge is 2.24. The van der Waals surface area contributed by atoms with Crippen LogP contribution >= 0.6 is 34.5 Å². The number of aliphatic hydroxyl groups is 1. The van der Waals surface area contributed by atoms with E-state index < -0.39 is 10.5 Å². The third-order valence-corrected chi connectivity index (χ3v) is 4.27. The lowest BCUT2D eigenvalue weighted by atomic mass is 9.99. The molecule has 0 saturated heterocycles. The summed E-state index contributed by atoms with van der Waals surface area (Å²) in [6, 6.07) is 4.26. The maximum Gasteiger partial charge on any atom is 0.272 e. The number of thiophene rings is 1. The van der Waals surface area contributed by atoms with Crippen molar-refractivity contribution in [2.75, 3.05) is 11.9 Å². The predicted molar refractivity (Wildman–Crippen MR) is 85.5 cm³/mol. The molecule has 2 N–H and O–H groups in total. The van der Waals surface area contributed by atoms with Crippen LogP contribution in [0, 0.1) is 10.1 Å². The lowest BCUT2D eigenvalue weighted by Crippen LogP contribution is -2.30. The van der Waals surface area contributed by atoms with Gasteiger partial charge in [0.05, 0.1) is 20.7 Å². The van der Waals surface area contributed by atoms with E-state index in [0.29, 0.717) is 5.69 Å². The van der Waals surface area contributed by atoms with Crippen molar-refractivity contribution in [1.82, 2.24) is 0 Å². The van der Waals surface area contributed by atoms with E-state index in [-0.39, 0.29) is 22.3 Å². The van der Waals surface area contributed by atoms with Gasteiger partial charge in [0.15, 0.2) is 0 Å². The number of hydrogen-bond donors (Lipinski definition) is 2. The molecule has 2 rings (SSSR count). The minimum atomic E-state index is -1.10. The number of halogens is 2. The summed E-state index contributed by atoms with van der Waals surface area (Å²) >= 11 is 13.5. The molecular weight excluding hydrogens is 335 g/mol. The molecule has 1 heterocycles. The quantitative estimate of drug-likeness (QED) is 0.625. The van der Waals surface area contributed by atoms with Gasteiger partial charge in [0.25, 0.3) is 5.69 Å². The van der Waals surface area contributed by atoms with Crippen LogP contribution < -0.4 is 5.32 Å². The Morgan fingerprint density at radius 2 is 2.05 bits per heavy atom. The second-order valence-corrected chi connectivity index (χ2v) is 6.28. The van der Waals surface area contributed by atoms with E-state index in [2.05, 4.69) is 5.32 Å². The van der Waals surface area contributed by atoms with E-state index >= 15 is 0 Å². The van der Waals surface area contributed by atoms with Crippen LogP contribution in [-0.2, 0) is 5.60 Å². The van der Waals surface area contributed by atoms with Crippen molar-refractivity contribution in [3.8, 4) is 0 Å². The van der Waals surface area contributed by atoms with Crippen molar-refractivity contribution >= 4 is 45.9 Å². The molecule has 5 nitrogen and oxygen atoms in total. The average molecular weight is 347 g/mol. The first-order valence-corrected chi connectivity index (χ1v) is 7.63. The van der Waals surface area contributed by atoms with E-state index in [0.717, 1.165) is 5.56 Å². The smallest absolute Gasteiger partial charge is 0.272 e. The Bertz CT molecular complexity index is 636. The number of nitro groups is 1. The van der Waals surface area contributed by atoms with Crippen molar-refractivity contribution < 1.29 is 10.0 Å². The van der Waals surface area contributed by atoms with Gasteiger partial charge in [-0.15, -0.1) is 0 Å². The molecule has 1 aromatic carbocycles. The SMILES string of the molecule is CC(O)(CNc1c(Cl)cc([N+](=O)[O-])cc1Cl)c1ccsc1. The summed E-state index contributed by atoms with van der Waals surface area (Å²) in [6.07, 6.45) is 0. The van der Waals surface area contributed by atoms with Crippen LogP contribution in [0.2, 0.25) is 10.0 Å². The van der Waals surface area contributed by atoms with Gasteiger partial charge in [-0.3, -0.25) is 10.1 Å². The molecule has 21 heavy (non-hydrogen) atoms.